The van der Waals surface area contributed by atoms with Crippen LogP contribution in [0.4, 0.5) is 13.2 Å². The minimum absolute atomic E-state index is 0.0723. The average molecular weight is 257 g/mol. The third-order valence-corrected chi connectivity index (χ3v) is 2.13. The smallest absolute Gasteiger partial charge is 0.166 e. The molecule has 0 unspecified atom stereocenters. The zero-order valence-electron chi connectivity index (χ0n) is 5.69. The summed E-state index contributed by atoms with van der Waals surface area (Å²) in [6.45, 7) is 0. The first kappa shape index (κ1) is 9.92. The Morgan fingerprint density at radius 3 is 2.25 bits per heavy atom. The van der Waals surface area contributed by atoms with Crippen LogP contribution in [0.25, 0.3) is 0 Å². The molecule has 66 valence electrons. The van der Waals surface area contributed by atoms with Gasteiger partial charge in [0.05, 0.1) is 5.56 Å². The molecule has 0 bridgehead atoms. The molecule has 1 rings (SSSR count). The molecule has 0 aliphatic heterocycles. The quantitative estimate of drug-likeness (QED) is 0.672. The zero-order chi connectivity index (χ0) is 9.35. The number of hydrogen-bond acceptors (Lipinski definition) is 1. The van der Waals surface area contributed by atoms with Gasteiger partial charge in [-0.1, -0.05) is 15.9 Å². The van der Waals surface area contributed by atoms with Gasteiger partial charge in [-0.15, -0.1) is 12.6 Å². The second-order valence-electron chi connectivity index (χ2n) is 2.16. The van der Waals surface area contributed by atoms with E-state index in [1.165, 1.54) is 12.1 Å². The molecule has 0 N–H and O–H groups in total. The van der Waals surface area contributed by atoms with Gasteiger partial charge in [-0.05, 0) is 18.2 Å². The molecule has 0 fully saturated rings. The van der Waals surface area contributed by atoms with Gasteiger partial charge in [-0.25, -0.2) is 0 Å². The van der Waals surface area contributed by atoms with Crippen LogP contribution in [0.1, 0.15) is 5.56 Å². The van der Waals surface area contributed by atoms with Crippen LogP contribution in [0.2, 0.25) is 0 Å². The zero-order valence-corrected chi connectivity index (χ0v) is 8.17. The molecule has 0 amide bonds. The Morgan fingerprint density at radius 1 is 1.25 bits per heavy atom. The molecule has 0 aliphatic carbocycles. The van der Waals surface area contributed by atoms with Crippen molar-refractivity contribution < 1.29 is 13.2 Å². The summed E-state index contributed by atoms with van der Waals surface area (Å²) in [5.74, 6) is 0. The van der Waals surface area contributed by atoms with Crippen LogP contribution in [-0.4, -0.2) is 0 Å². The van der Waals surface area contributed by atoms with Crippen molar-refractivity contribution in [3.05, 3.63) is 28.2 Å². The van der Waals surface area contributed by atoms with E-state index in [0.29, 0.717) is 4.47 Å². The molecule has 0 aliphatic rings. The SMILES string of the molecule is FC(F)(F)c1ccc(Br)cc1S. The van der Waals surface area contributed by atoms with Gasteiger partial charge in [0.15, 0.2) is 0 Å². The fraction of sp³-hybridized carbons (Fsp3) is 0.143. The summed E-state index contributed by atoms with van der Waals surface area (Å²) >= 11 is 6.76. The summed E-state index contributed by atoms with van der Waals surface area (Å²) in [6.07, 6.45) is -4.32. The Kier molecular flexibility index (Phi) is 2.73. The van der Waals surface area contributed by atoms with Crippen molar-refractivity contribution in [3.63, 3.8) is 0 Å². The van der Waals surface area contributed by atoms with Gasteiger partial charge in [0.25, 0.3) is 0 Å². The van der Waals surface area contributed by atoms with Crippen LogP contribution in [-0.2, 0) is 6.18 Å². The summed E-state index contributed by atoms with van der Waals surface area (Å²) in [4.78, 5) is -0.0723. The van der Waals surface area contributed by atoms with E-state index < -0.39 is 11.7 Å². The van der Waals surface area contributed by atoms with Crippen molar-refractivity contribution in [1.29, 1.82) is 0 Å². The van der Waals surface area contributed by atoms with Gasteiger partial charge < -0.3 is 0 Å². The van der Waals surface area contributed by atoms with E-state index in [9.17, 15) is 13.2 Å². The lowest BCUT2D eigenvalue weighted by Gasteiger charge is -2.08. The third-order valence-electron chi connectivity index (χ3n) is 1.27. The standard InChI is InChI=1S/C7H4BrF3S/c8-4-1-2-5(6(12)3-4)7(9,10)11/h1-3,12H. The van der Waals surface area contributed by atoms with E-state index in [2.05, 4.69) is 28.6 Å². The predicted octanol–water partition coefficient (Wildman–Crippen LogP) is 3.76. The van der Waals surface area contributed by atoms with Crippen LogP contribution in [0.15, 0.2) is 27.6 Å². The fourth-order valence-corrected chi connectivity index (χ4v) is 1.62. The lowest BCUT2D eigenvalue weighted by molar-refractivity contribution is -0.139. The molecule has 12 heavy (non-hydrogen) atoms. The van der Waals surface area contributed by atoms with Crippen molar-refractivity contribution in [3.8, 4) is 0 Å². The summed E-state index contributed by atoms with van der Waals surface area (Å²) < 4.78 is 36.9. The summed E-state index contributed by atoms with van der Waals surface area (Å²) in [5, 5.41) is 0. The van der Waals surface area contributed by atoms with Gasteiger partial charge in [-0.2, -0.15) is 13.2 Å². The Hall–Kier alpha value is -0.160. The highest BCUT2D eigenvalue weighted by atomic mass is 79.9. The largest absolute Gasteiger partial charge is 0.417 e. The molecule has 1 aromatic rings. The van der Waals surface area contributed by atoms with Crippen molar-refractivity contribution >= 4 is 28.6 Å². The minimum atomic E-state index is -4.32. The average Bonchev–Trinajstić information content (AvgIpc) is 1.83. The van der Waals surface area contributed by atoms with Crippen molar-refractivity contribution in [2.45, 2.75) is 11.1 Å². The maximum Gasteiger partial charge on any atom is 0.417 e. The van der Waals surface area contributed by atoms with E-state index in [0.717, 1.165) is 6.07 Å². The van der Waals surface area contributed by atoms with Gasteiger partial charge >= 0.3 is 6.18 Å². The number of halogens is 4. The normalized spacial score (nSPS) is 11.8. The molecule has 0 heterocycles. The molecule has 0 atom stereocenters. The van der Waals surface area contributed by atoms with Crippen LogP contribution < -0.4 is 0 Å². The van der Waals surface area contributed by atoms with E-state index in [1.54, 1.807) is 0 Å². The topological polar surface area (TPSA) is 0 Å². The molecule has 0 aromatic heterocycles. The van der Waals surface area contributed by atoms with Crippen molar-refractivity contribution in [2.24, 2.45) is 0 Å². The number of alkyl halides is 3. The Labute approximate surface area is 81.3 Å². The molecule has 0 saturated carbocycles. The van der Waals surface area contributed by atoms with Crippen LogP contribution in [0, 0.1) is 0 Å². The van der Waals surface area contributed by atoms with Gasteiger partial charge in [0.2, 0.25) is 0 Å². The molecule has 0 nitrogen and oxygen atoms in total. The Morgan fingerprint density at radius 2 is 1.83 bits per heavy atom. The molecule has 0 saturated heterocycles. The van der Waals surface area contributed by atoms with Crippen LogP contribution in [0.3, 0.4) is 0 Å². The first-order valence-electron chi connectivity index (χ1n) is 2.97. The number of benzene rings is 1. The molecule has 5 heteroatoms. The third kappa shape index (κ3) is 2.17. The molecule has 0 radical (unpaired) electrons. The highest BCUT2D eigenvalue weighted by Gasteiger charge is 2.32. The first-order valence-corrected chi connectivity index (χ1v) is 4.21. The van der Waals surface area contributed by atoms with Crippen molar-refractivity contribution in [1.82, 2.24) is 0 Å². The Balaban J connectivity index is 3.19. The van der Waals surface area contributed by atoms with Gasteiger partial charge in [-0.3, -0.25) is 0 Å². The second kappa shape index (κ2) is 3.30. The summed E-state index contributed by atoms with van der Waals surface area (Å²) in [6, 6.07) is 3.64. The van der Waals surface area contributed by atoms with Crippen molar-refractivity contribution in [2.75, 3.05) is 0 Å². The van der Waals surface area contributed by atoms with Crippen LogP contribution in [0.5, 0.6) is 0 Å². The molecular formula is C7H4BrF3S. The lowest BCUT2D eigenvalue weighted by Crippen LogP contribution is -2.05. The van der Waals surface area contributed by atoms with E-state index in [-0.39, 0.29) is 4.90 Å². The lowest BCUT2D eigenvalue weighted by atomic mass is 10.2. The first-order chi connectivity index (χ1) is 5.41. The number of thiol groups is 1. The number of hydrogen-bond donors (Lipinski definition) is 1. The highest BCUT2D eigenvalue weighted by molar-refractivity contribution is 9.10. The van der Waals surface area contributed by atoms with Crippen LogP contribution >= 0.6 is 28.6 Å². The molecular weight excluding hydrogens is 253 g/mol. The van der Waals surface area contributed by atoms with Gasteiger partial charge in [0.1, 0.15) is 0 Å². The predicted molar refractivity (Wildman–Crippen MR) is 46.4 cm³/mol. The monoisotopic (exact) mass is 256 g/mol. The molecule has 0 spiro atoms. The summed E-state index contributed by atoms with van der Waals surface area (Å²) in [7, 11) is 0. The fourth-order valence-electron chi connectivity index (χ4n) is 0.745. The summed E-state index contributed by atoms with van der Waals surface area (Å²) in [5.41, 5.74) is -0.714. The Bertz CT molecular complexity index is 295. The van der Waals surface area contributed by atoms with E-state index in [1.807, 2.05) is 0 Å². The van der Waals surface area contributed by atoms with E-state index >= 15 is 0 Å². The maximum atomic E-state index is 12.1. The highest BCUT2D eigenvalue weighted by Crippen LogP contribution is 2.34. The number of rotatable bonds is 0. The van der Waals surface area contributed by atoms with E-state index in [4.69, 9.17) is 0 Å². The maximum absolute atomic E-state index is 12.1. The minimum Gasteiger partial charge on any atom is -0.166 e. The van der Waals surface area contributed by atoms with Gasteiger partial charge in [0, 0.05) is 9.37 Å². The second-order valence-corrected chi connectivity index (χ2v) is 3.56. The molecule has 1 aromatic carbocycles.